The number of hydrogen-bond donors (Lipinski definition) is 2. The Kier molecular flexibility index (Phi) is 5.75. The van der Waals surface area contributed by atoms with Gasteiger partial charge in [-0.1, -0.05) is 11.6 Å². The van der Waals surface area contributed by atoms with Gasteiger partial charge >= 0.3 is 5.97 Å². The molecule has 0 atom stereocenters. The lowest BCUT2D eigenvalue weighted by atomic mass is 10.2. The summed E-state index contributed by atoms with van der Waals surface area (Å²) in [7, 11) is 1.43. The summed E-state index contributed by atoms with van der Waals surface area (Å²) in [6.45, 7) is -0.562. The van der Waals surface area contributed by atoms with Gasteiger partial charge in [0.15, 0.2) is 6.61 Å². The van der Waals surface area contributed by atoms with Gasteiger partial charge in [-0.05, 0) is 30.3 Å². The molecule has 0 spiro atoms. The van der Waals surface area contributed by atoms with Gasteiger partial charge in [0.1, 0.15) is 29.7 Å². The van der Waals surface area contributed by atoms with E-state index in [9.17, 15) is 14.7 Å². The van der Waals surface area contributed by atoms with E-state index in [4.69, 9.17) is 21.1 Å². The number of carbonyl (C=O) groups excluding carboxylic acids is 2. The minimum absolute atomic E-state index is 0.0836. The van der Waals surface area contributed by atoms with E-state index in [1.807, 2.05) is 0 Å². The summed E-state index contributed by atoms with van der Waals surface area (Å²) in [5.41, 5.74) is 0.820. The number of amides is 1. The average molecular weight is 403 g/mol. The Morgan fingerprint density at radius 1 is 1.25 bits per heavy atom. The highest BCUT2D eigenvalue weighted by atomic mass is 35.5. The van der Waals surface area contributed by atoms with Crippen LogP contribution in [-0.2, 0) is 9.53 Å². The van der Waals surface area contributed by atoms with E-state index < -0.39 is 18.5 Å². The van der Waals surface area contributed by atoms with Crippen LogP contribution in [0.15, 0.2) is 49.1 Å². The van der Waals surface area contributed by atoms with E-state index in [0.29, 0.717) is 22.1 Å². The number of carbonyl (C=O) groups is 2. The first-order chi connectivity index (χ1) is 13.5. The number of ether oxygens (including phenoxy) is 2. The molecule has 10 heteroatoms. The quantitative estimate of drug-likeness (QED) is 0.608. The highest BCUT2D eigenvalue weighted by Crippen LogP contribution is 2.25. The summed E-state index contributed by atoms with van der Waals surface area (Å²) in [4.78, 5) is 28.1. The second-order valence-electron chi connectivity index (χ2n) is 5.51. The molecule has 3 aromatic rings. The molecular weight excluding hydrogens is 388 g/mol. The molecule has 28 heavy (non-hydrogen) atoms. The zero-order valence-corrected chi connectivity index (χ0v) is 15.4. The number of esters is 1. The second kappa shape index (κ2) is 8.40. The topological polar surface area (TPSA) is 116 Å². The van der Waals surface area contributed by atoms with Crippen molar-refractivity contribution in [1.82, 2.24) is 14.8 Å². The second-order valence-corrected chi connectivity index (χ2v) is 5.95. The van der Waals surface area contributed by atoms with Gasteiger partial charge in [-0.15, -0.1) is 0 Å². The van der Waals surface area contributed by atoms with Gasteiger partial charge in [0, 0.05) is 11.1 Å². The van der Waals surface area contributed by atoms with Crippen LogP contribution >= 0.6 is 11.6 Å². The third-order valence-electron chi connectivity index (χ3n) is 3.66. The van der Waals surface area contributed by atoms with Gasteiger partial charge in [0.2, 0.25) is 0 Å². The molecule has 0 aliphatic rings. The molecule has 144 valence electrons. The van der Waals surface area contributed by atoms with Crippen molar-refractivity contribution in [2.24, 2.45) is 0 Å². The van der Waals surface area contributed by atoms with Crippen LogP contribution in [0.2, 0.25) is 5.02 Å². The number of hydrogen-bond acceptors (Lipinski definition) is 7. The number of methoxy groups -OCH3 is 1. The van der Waals surface area contributed by atoms with Gasteiger partial charge < -0.3 is 19.9 Å². The van der Waals surface area contributed by atoms with Gasteiger partial charge in [-0.3, -0.25) is 4.79 Å². The van der Waals surface area contributed by atoms with Crippen LogP contribution in [0.1, 0.15) is 10.4 Å². The van der Waals surface area contributed by atoms with Crippen molar-refractivity contribution in [2.75, 3.05) is 19.0 Å². The van der Waals surface area contributed by atoms with Gasteiger partial charge in [-0.25, -0.2) is 14.5 Å². The fraction of sp³-hybridized carbons (Fsp3) is 0.111. The van der Waals surface area contributed by atoms with E-state index in [2.05, 4.69) is 15.4 Å². The lowest BCUT2D eigenvalue weighted by Gasteiger charge is -2.12. The average Bonchev–Trinajstić information content (AvgIpc) is 3.20. The molecule has 2 aromatic carbocycles. The number of aromatic nitrogens is 3. The molecule has 2 N–H and O–H groups in total. The summed E-state index contributed by atoms with van der Waals surface area (Å²) >= 11 is 5.99. The monoisotopic (exact) mass is 402 g/mol. The Balaban J connectivity index is 1.67. The molecule has 0 fully saturated rings. The summed E-state index contributed by atoms with van der Waals surface area (Å²) in [6, 6.07) is 8.94. The van der Waals surface area contributed by atoms with Crippen molar-refractivity contribution in [3.63, 3.8) is 0 Å². The van der Waals surface area contributed by atoms with E-state index in [1.54, 1.807) is 12.1 Å². The Morgan fingerprint density at radius 2 is 2.07 bits per heavy atom. The van der Waals surface area contributed by atoms with Gasteiger partial charge in [0.25, 0.3) is 5.91 Å². The normalized spacial score (nSPS) is 10.4. The zero-order valence-electron chi connectivity index (χ0n) is 14.6. The predicted octanol–water partition coefficient (Wildman–Crippen LogP) is 2.43. The number of phenols is 1. The highest BCUT2D eigenvalue weighted by molar-refractivity contribution is 6.31. The smallest absolute Gasteiger partial charge is 0.342 e. The van der Waals surface area contributed by atoms with Gasteiger partial charge in [0.05, 0.1) is 18.5 Å². The molecular formula is C18H15ClN4O5. The molecule has 0 aliphatic carbocycles. The molecule has 0 radical (unpaired) electrons. The maximum Gasteiger partial charge on any atom is 0.342 e. The summed E-state index contributed by atoms with van der Waals surface area (Å²) in [5.74, 6) is -1.37. The Morgan fingerprint density at radius 3 is 2.75 bits per heavy atom. The Bertz CT molecular complexity index is 1010. The molecule has 1 amide bonds. The van der Waals surface area contributed by atoms with Crippen molar-refractivity contribution < 1.29 is 24.2 Å². The van der Waals surface area contributed by atoms with Crippen LogP contribution in [0, 0.1) is 0 Å². The van der Waals surface area contributed by atoms with E-state index in [1.165, 1.54) is 48.7 Å². The van der Waals surface area contributed by atoms with Crippen LogP contribution < -0.4 is 10.1 Å². The standard InChI is InChI=1S/C18H15ClN4O5/c1-27-12-3-4-13(16(24)7-12)18(26)28-8-17(25)22-14-6-11(19)2-5-15(14)23-10-20-9-21-23/h2-7,9-10,24H,8H2,1H3,(H,22,25). The number of nitrogens with zero attached hydrogens (tertiary/aromatic N) is 3. The molecule has 0 bridgehead atoms. The molecule has 1 heterocycles. The van der Waals surface area contributed by atoms with Crippen molar-refractivity contribution >= 4 is 29.2 Å². The lowest BCUT2D eigenvalue weighted by Crippen LogP contribution is -2.21. The van der Waals surface area contributed by atoms with Crippen LogP contribution in [0.25, 0.3) is 5.69 Å². The number of anilines is 1. The maximum atomic E-state index is 12.2. The van der Waals surface area contributed by atoms with E-state index >= 15 is 0 Å². The number of benzene rings is 2. The first kappa shape index (κ1) is 19.2. The van der Waals surface area contributed by atoms with E-state index in [-0.39, 0.29) is 11.3 Å². The first-order valence-corrected chi connectivity index (χ1v) is 8.34. The number of halogens is 1. The number of rotatable bonds is 6. The summed E-state index contributed by atoms with van der Waals surface area (Å²) in [6.07, 6.45) is 2.81. The van der Waals surface area contributed by atoms with Crippen molar-refractivity contribution in [2.45, 2.75) is 0 Å². The van der Waals surface area contributed by atoms with Crippen LogP contribution in [0.5, 0.6) is 11.5 Å². The van der Waals surface area contributed by atoms with Crippen LogP contribution in [0.4, 0.5) is 5.69 Å². The minimum Gasteiger partial charge on any atom is -0.507 e. The molecule has 0 saturated carbocycles. The lowest BCUT2D eigenvalue weighted by molar-refractivity contribution is -0.119. The molecule has 9 nitrogen and oxygen atoms in total. The van der Waals surface area contributed by atoms with Crippen molar-refractivity contribution in [3.8, 4) is 17.2 Å². The third-order valence-corrected chi connectivity index (χ3v) is 3.89. The Labute approximate surface area is 164 Å². The largest absolute Gasteiger partial charge is 0.507 e. The molecule has 0 unspecified atom stereocenters. The third kappa shape index (κ3) is 4.38. The minimum atomic E-state index is -0.849. The summed E-state index contributed by atoms with van der Waals surface area (Å²) in [5, 5.41) is 16.9. The van der Waals surface area contributed by atoms with Gasteiger partial charge in [-0.2, -0.15) is 5.10 Å². The number of phenolic OH excluding ortho intramolecular Hbond substituents is 1. The fourth-order valence-corrected chi connectivity index (χ4v) is 2.52. The van der Waals surface area contributed by atoms with Crippen LogP contribution in [0.3, 0.4) is 0 Å². The molecule has 3 rings (SSSR count). The molecule has 0 saturated heterocycles. The van der Waals surface area contributed by atoms with Crippen molar-refractivity contribution in [1.29, 1.82) is 0 Å². The SMILES string of the molecule is COc1ccc(C(=O)OCC(=O)Nc2cc(Cl)ccc2-n2cncn2)c(O)c1. The van der Waals surface area contributed by atoms with Crippen LogP contribution in [-0.4, -0.2) is 45.5 Å². The summed E-state index contributed by atoms with van der Waals surface area (Å²) < 4.78 is 11.4. The first-order valence-electron chi connectivity index (χ1n) is 7.96. The van der Waals surface area contributed by atoms with E-state index in [0.717, 1.165) is 0 Å². The maximum absolute atomic E-state index is 12.2. The number of aromatic hydroxyl groups is 1. The zero-order chi connectivity index (χ0) is 20.1. The Hall–Kier alpha value is -3.59. The van der Waals surface area contributed by atoms with Crippen molar-refractivity contribution in [3.05, 3.63) is 59.6 Å². The molecule has 1 aromatic heterocycles. The number of nitrogens with one attached hydrogen (secondary N) is 1. The fourth-order valence-electron chi connectivity index (χ4n) is 2.35. The predicted molar refractivity (Wildman–Crippen MR) is 99.9 cm³/mol. The highest BCUT2D eigenvalue weighted by Gasteiger charge is 2.16. The molecule has 0 aliphatic heterocycles.